The molecule has 1 aromatic heterocycles. The maximum atomic E-state index is 13.3. The van der Waals surface area contributed by atoms with Gasteiger partial charge < -0.3 is 0 Å². The average Bonchev–Trinajstić information content (AvgIpc) is 2.19. The maximum Gasteiger partial charge on any atom is 0.134 e. The van der Waals surface area contributed by atoms with Crippen molar-refractivity contribution in [1.29, 1.82) is 0 Å². The summed E-state index contributed by atoms with van der Waals surface area (Å²) in [7, 11) is 0. The van der Waals surface area contributed by atoms with Crippen LogP contribution in [0.15, 0.2) is 36.7 Å². The van der Waals surface area contributed by atoms with Gasteiger partial charge in [-0.1, -0.05) is 6.07 Å². The van der Waals surface area contributed by atoms with Crippen molar-refractivity contribution in [3.8, 4) is 11.1 Å². The molecule has 0 bridgehead atoms. The molecule has 0 saturated heterocycles. The predicted molar refractivity (Wildman–Crippen MR) is 48.4 cm³/mol. The highest BCUT2D eigenvalue weighted by molar-refractivity contribution is 5.63. The van der Waals surface area contributed by atoms with Crippen LogP contribution in [0.4, 0.5) is 8.78 Å². The first-order chi connectivity index (χ1) is 6.79. The molecule has 0 aliphatic heterocycles. The minimum Gasteiger partial charge on any atom is -0.263 e. The van der Waals surface area contributed by atoms with Crippen LogP contribution in [0.3, 0.4) is 0 Å². The van der Waals surface area contributed by atoms with Crippen LogP contribution < -0.4 is 0 Å². The Morgan fingerprint density at radius 2 is 1.86 bits per heavy atom. The molecule has 2 aromatic rings. The summed E-state index contributed by atoms with van der Waals surface area (Å²) in [4.78, 5) is 3.75. The number of pyridine rings is 1. The molecule has 0 fully saturated rings. The summed E-state index contributed by atoms with van der Waals surface area (Å²) in [5.41, 5.74) is 0.333. The molecule has 0 atom stereocenters. The molecule has 2 rings (SSSR count). The third-order valence-corrected chi connectivity index (χ3v) is 1.85. The van der Waals surface area contributed by atoms with Crippen molar-refractivity contribution in [2.45, 2.75) is 0 Å². The van der Waals surface area contributed by atoms with Crippen LogP contribution in [0.1, 0.15) is 0 Å². The second kappa shape index (κ2) is 3.54. The molecule has 0 N–H and O–H groups in total. The molecule has 0 aliphatic rings. The molecule has 0 spiro atoms. The van der Waals surface area contributed by atoms with Gasteiger partial charge in [0, 0.05) is 24.0 Å². The smallest absolute Gasteiger partial charge is 0.134 e. The van der Waals surface area contributed by atoms with Gasteiger partial charge in [-0.05, 0) is 18.2 Å². The lowest BCUT2D eigenvalue weighted by Crippen LogP contribution is -1.89. The molecule has 1 heterocycles. The van der Waals surface area contributed by atoms with Gasteiger partial charge in [-0.2, -0.15) is 0 Å². The van der Waals surface area contributed by atoms with Crippen LogP contribution >= 0.6 is 0 Å². The summed E-state index contributed by atoms with van der Waals surface area (Å²) in [5, 5.41) is 0. The van der Waals surface area contributed by atoms with Crippen molar-refractivity contribution in [2.24, 2.45) is 0 Å². The van der Waals surface area contributed by atoms with E-state index in [-0.39, 0.29) is 5.56 Å². The van der Waals surface area contributed by atoms with Crippen molar-refractivity contribution < 1.29 is 8.78 Å². The molecule has 3 heteroatoms. The average molecular weight is 190 g/mol. The van der Waals surface area contributed by atoms with Gasteiger partial charge in [0.25, 0.3) is 0 Å². The first-order valence-electron chi connectivity index (χ1n) is 4.04. The Balaban J connectivity index is 2.63. The molecular formula is C11H6F2N. The highest BCUT2D eigenvalue weighted by Crippen LogP contribution is 2.24. The first-order valence-corrected chi connectivity index (χ1v) is 4.04. The lowest BCUT2D eigenvalue weighted by molar-refractivity contribution is 0.589. The fourth-order valence-electron chi connectivity index (χ4n) is 1.24. The number of benzene rings is 1. The summed E-state index contributed by atoms with van der Waals surface area (Å²) in [6.07, 6.45) is 2.83. The second-order valence-corrected chi connectivity index (χ2v) is 2.77. The van der Waals surface area contributed by atoms with Gasteiger partial charge in [-0.3, -0.25) is 4.98 Å². The van der Waals surface area contributed by atoms with E-state index in [2.05, 4.69) is 11.1 Å². The van der Waals surface area contributed by atoms with E-state index < -0.39 is 11.6 Å². The first kappa shape index (κ1) is 8.81. The minimum absolute atomic E-state index is 0.0585. The third-order valence-electron chi connectivity index (χ3n) is 1.85. The van der Waals surface area contributed by atoms with Gasteiger partial charge in [0.2, 0.25) is 0 Å². The quantitative estimate of drug-likeness (QED) is 0.673. The van der Waals surface area contributed by atoms with Crippen molar-refractivity contribution in [1.82, 2.24) is 4.98 Å². The number of hydrogen-bond acceptors (Lipinski definition) is 1. The molecule has 14 heavy (non-hydrogen) atoms. The minimum atomic E-state index is -0.591. The standard InChI is InChI=1S/C11H6F2N/c12-9-4-1-5-10(13)11(9)8-3-2-6-14-7-8/h1,3-7H. The SMILES string of the molecule is Fc1cccc(F)c1-c1c[c]cnc1. The fourth-order valence-corrected chi connectivity index (χ4v) is 1.24. The molecule has 1 nitrogen and oxygen atoms in total. The highest BCUT2D eigenvalue weighted by atomic mass is 19.1. The van der Waals surface area contributed by atoms with Crippen LogP contribution in [0, 0.1) is 17.7 Å². The molecule has 1 radical (unpaired) electrons. The molecule has 0 saturated carbocycles. The number of aromatic nitrogens is 1. The predicted octanol–water partition coefficient (Wildman–Crippen LogP) is 2.83. The molecule has 0 unspecified atom stereocenters. The Morgan fingerprint density at radius 3 is 2.43 bits per heavy atom. The van der Waals surface area contributed by atoms with Crippen LogP contribution in [-0.4, -0.2) is 4.98 Å². The van der Waals surface area contributed by atoms with Crippen LogP contribution in [0.25, 0.3) is 11.1 Å². The molecule has 1 aromatic carbocycles. The van der Waals surface area contributed by atoms with Crippen molar-refractivity contribution >= 4 is 0 Å². The lowest BCUT2D eigenvalue weighted by Gasteiger charge is -2.03. The highest BCUT2D eigenvalue weighted by Gasteiger charge is 2.09. The lowest BCUT2D eigenvalue weighted by atomic mass is 10.1. The number of hydrogen-bond donors (Lipinski definition) is 0. The summed E-state index contributed by atoms with van der Waals surface area (Å²) in [5.74, 6) is -1.18. The van der Waals surface area contributed by atoms with Gasteiger partial charge in [-0.15, -0.1) is 0 Å². The third kappa shape index (κ3) is 1.48. The van der Waals surface area contributed by atoms with E-state index in [0.717, 1.165) is 0 Å². The Labute approximate surface area is 80.0 Å². The van der Waals surface area contributed by atoms with Crippen LogP contribution in [0.2, 0.25) is 0 Å². The zero-order valence-corrected chi connectivity index (χ0v) is 7.17. The van der Waals surface area contributed by atoms with E-state index in [0.29, 0.717) is 5.56 Å². The summed E-state index contributed by atoms with van der Waals surface area (Å²) >= 11 is 0. The molecule has 0 amide bonds. The molecule has 0 aliphatic carbocycles. The van der Waals surface area contributed by atoms with E-state index in [1.807, 2.05) is 0 Å². The van der Waals surface area contributed by atoms with Gasteiger partial charge in [0.05, 0.1) is 5.56 Å². The van der Waals surface area contributed by atoms with Gasteiger partial charge in [0.1, 0.15) is 11.6 Å². The Morgan fingerprint density at radius 1 is 1.14 bits per heavy atom. The topological polar surface area (TPSA) is 12.9 Å². The van der Waals surface area contributed by atoms with E-state index in [4.69, 9.17) is 0 Å². The summed E-state index contributed by atoms with van der Waals surface area (Å²) in [6.45, 7) is 0. The normalized spacial score (nSPS) is 10.1. The van der Waals surface area contributed by atoms with Gasteiger partial charge in [-0.25, -0.2) is 8.78 Å². The van der Waals surface area contributed by atoms with Crippen molar-refractivity contribution in [3.63, 3.8) is 0 Å². The van der Waals surface area contributed by atoms with Gasteiger partial charge in [0.15, 0.2) is 0 Å². The molecule has 69 valence electrons. The van der Waals surface area contributed by atoms with E-state index in [1.165, 1.54) is 36.7 Å². The van der Waals surface area contributed by atoms with Crippen molar-refractivity contribution in [3.05, 3.63) is 54.4 Å². The second-order valence-electron chi connectivity index (χ2n) is 2.77. The number of rotatable bonds is 1. The maximum absolute atomic E-state index is 13.3. The zero-order chi connectivity index (χ0) is 9.97. The van der Waals surface area contributed by atoms with Crippen LogP contribution in [0.5, 0.6) is 0 Å². The van der Waals surface area contributed by atoms with Crippen molar-refractivity contribution in [2.75, 3.05) is 0 Å². The Bertz CT molecular complexity index is 420. The molecular weight excluding hydrogens is 184 g/mol. The van der Waals surface area contributed by atoms with E-state index >= 15 is 0 Å². The zero-order valence-electron chi connectivity index (χ0n) is 7.17. The summed E-state index contributed by atoms with van der Waals surface area (Å²) < 4.78 is 26.5. The Hall–Kier alpha value is -1.77. The monoisotopic (exact) mass is 190 g/mol. The summed E-state index contributed by atoms with van der Waals surface area (Å²) in [6, 6.07) is 7.92. The fraction of sp³-hybridized carbons (Fsp3) is 0. The van der Waals surface area contributed by atoms with E-state index in [9.17, 15) is 8.78 Å². The van der Waals surface area contributed by atoms with Crippen LogP contribution in [-0.2, 0) is 0 Å². The Kier molecular flexibility index (Phi) is 2.23. The number of halogens is 2. The van der Waals surface area contributed by atoms with E-state index in [1.54, 1.807) is 0 Å². The largest absolute Gasteiger partial charge is 0.263 e. The van der Waals surface area contributed by atoms with Gasteiger partial charge >= 0.3 is 0 Å². The number of nitrogens with zero attached hydrogens (tertiary/aromatic N) is 1.